The topological polar surface area (TPSA) is 46.5 Å². The summed E-state index contributed by atoms with van der Waals surface area (Å²) in [6.07, 6.45) is 2.91. The molecule has 3 rings (SSSR count). The Bertz CT molecular complexity index is 679. The van der Waals surface area contributed by atoms with Crippen LogP contribution in [0.3, 0.4) is 0 Å². The second kappa shape index (κ2) is 4.72. The van der Waals surface area contributed by atoms with Crippen molar-refractivity contribution < 1.29 is 0 Å². The van der Waals surface area contributed by atoms with Crippen LogP contribution < -0.4 is 0 Å². The molecule has 0 saturated carbocycles. The van der Waals surface area contributed by atoms with Gasteiger partial charge in [0, 0.05) is 25.4 Å². The van der Waals surface area contributed by atoms with Gasteiger partial charge < -0.3 is 4.57 Å². The lowest BCUT2D eigenvalue weighted by Crippen LogP contribution is -1.90. The number of nitrogens with zero attached hydrogens (tertiary/aromatic N) is 3. The molecule has 0 unspecified atom stereocenters. The van der Waals surface area contributed by atoms with E-state index in [1.54, 1.807) is 0 Å². The van der Waals surface area contributed by atoms with Crippen LogP contribution in [-0.2, 0) is 13.5 Å². The summed E-state index contributed by atoms with van der Waals surface area (Å²) in [6.45, 7) is 1.99. The number of rotatable bonds is 3. The average Bonchev–Trinajstić information content (AvgIpc) is 2.97. The van der Waals surface area contributed by atoms with Crippen LogP contribution in [0.15, 0.2) is 42.6 Å². The zero-order chi connectivity index (χ0) is 13.2. The second-order valence-electron chi connectivity index (χ2n) is 4.77. The van der Waals surface area contributed by atoms with E-state index in [0.29, 0.717) is 0 Å². The second-order valence-corrected chi connectivity index (χ2v) is 4.77. The van der Waals surface area contributed by atoms with Crippen molar-refractivity contribution in [2.75, 3.05) is 0 Å². The summed E-state index contributed by atoms with van der Waals surface area (Å²) in [6, 6.07) is 12.4. The van der Waals surface area contributed by atoms with Gasteiger partial charge >= 0.3 is 0 Å². The number of aryl methyl sites for hydroxylation is 2. The van der Waals surface area contributed by atoms with Crippen molar-refractivity contribution in [1.82, 2.24) is 19.7 Å². The van der Waals surface area contributed by atoms with Crippen LogP contribution in [0.25, 0.3) is 11.5 Å². The Morgan fingerprint density at radius 2 is 2.00 bits per heavy atom. The predicted octanol–water partition coefficient (Wildman–Crippen LogP) is 2.71. The fourth-order valence-electron chi connectivity index (χ4n) is 2.19. The molecule has 1 aromatic carbocycles. The molecule has 0 spiro atoms. The van der Waals surface area contributed by atoms with Gasteiger partial charge in [0.2, 0.25) is 0 Å². The molecule has 4 nitrogen and oxygen atoms in total. The lowest BCUT2D eigenvalue weighted by Gasteiger charge is -1.95. The normalized spacial score (nSPS) is 10.8. The Balaban J connectivity index is 1.89. The third kappa shape index (κ3) is 2.42. The average molecular weight is 252 g/mol. The van der Waals surface area contributed by atoms with Crippen LogP contribution in [0.1, 0.15) is 17.0 Å². The predicted molar refractivity (Wildman–Crippen MR) is 74.8 cm³/mol. The van der Waals surface area contributed by atoms with Gasteiger partial charge in [-0.3, -0.25) is 5.10 Å². The summed E-state index contributed by atoms with van der Waals surface area (Å²) in [7, 11) is 2.00. The van der Waals surface area contributed by atoms with Gasteiger partial charge in [0.05, 0.1) is 5.69 Å². The first kappa shape index (κ1) is 11.7. The molecule has 3 aromatic rings. The van der Waals surface area contributed by atoms with Crippen molar-refractivity contribution in [3.8, 4) is 11.5 Å². The molecule has 0 radical (unpaired) electrons. The summed E-state index contributed by atoms with van der Waals surface area (Å²) >= 11 is 0. The first-order valence-corrected chi connectivity index (χ1v) is 6.31. The number of H-pyrrole nitrogens is 1. The zero-order valence-corrected chi connectivity index (χ0v) is 11.1. The SMILES string of the molecule is Cc1cc(-c2nc(Cc3ccccc3)cn2C)n[nH]1. The van der Waals surface area contributed by atoms with E-state index < -0.39 is 0 Å². The van der Waals surface area contributed by atoms with E-state index in [1.165, 1.54) is 5.56 Å². The number of hydrogen-bond donors (Lipinski definition) is 1. The van der Waals surface area contributed by atoms with Gasteiger partial charge in [-0.25, -0.2) is 4.98 Å². The first-order valence-electron chi connectivity index (χ1n) is 6.31. The van der Waals surface area contributed by atoms with Crippen molar-refractivity contribution in [3.63, 3.8) is 0 Å². The highest BCUT2D eigenvalue weighted by Gasteiger charge is 2.10. The van der Waals surface area contributed by atoms with Crippen LogP contribution in [0.2, 0.25) is 0 Å². The van der Waals surface area contributed by atoms with E-state index >= 15 is 0 Å². The highest BCUT2D eigenvalue weighted by atomic mass is 15.2. The maximum atomic E-state index is 4.67. The number of benzene rings is 1. The number of hydrogen-bond acceptors (Lipinski definition) is 2. The van der Waals surface area contributed by atoms with E-state index in [-0.39, 0.29) is 0 Å². The Morgan fingerprint density at radius 3 is 2.68 bits per heavy atom. The number of aromatic amines is 1. The summed E-state index contributed by atoms with van der Waals surface area (Å²) in [5.74, 6) is 0.898. The minimum atomic E-state index is 0.845. The third-order valence-electron chi connectivity index (χ3n) is 3.09. The largest absolute Gasteiger partial charge is 0.332 e. The Kier molecular flexibility index (Phi) is 2.91. The molecule has 96 valence electrons. The smallest absolute Gasteiger partial charge is 0.160 e. The van der Waals surface area contributed by atoms with Crippen molar-refractivity contribution in [2.24, 2.45) is 7.05 Å². The van der Waals surface area contributed by atoms with Crippen LogP contribution >= 0.6 is 0 Å². The third-order valence-corrected chi connectivity index (χ3v) is 3.09. The van der Waals surface area contributed by atoms with Gasteiger partial charge in [0.25, 0.3) is 0 Å². The van der Waals surface area contributed by atoms with Crippen LogP contribution in [-0.4, -0.2) is 19.7 Å². The maximum absolute atomic E-state index is 4.67. The molecule has 2 aromatic heterocycles. The Labute approximate surface area is 112 Å². The minimum Gasteiger partial charge on any atom is -0.332 e. The van der Waals surface area contributed by atoms with E-state index in [9.17, 15) is 0 Å². The highest BCUT2D eigenvalue weighted by molar-refractivity contribution is 5.50. The molecular weight excluding hydrogens is 236 g/mol. The standard InChI is InChI=1S/C15H16N4/c1-11-8-14(18-17-11)15-16-13(10-19(15)2)9-12-6-4-3-5-7-12/h3-8,10H,9H2,1-2H3,(H,17,18). The molecule has 19 heavy (non-hydrogen) atoms. The zero-order valence-electron chi connectivity index (χ0n) is 11.1. The van der Waals surface area contributed by atoms with Crippen molar-refractivity contribution >= 4 is 0 Å². The molecule has 0 aliphatic carbocycles. The lowest BCUT2D eigenvalue weighted by atomic mass is 10.1. The van der Waals surface area contributed by atoms with Gasteiger partial charge in [0.15, 0.2) is 5.82 Å². The quantitative estimate of drug-likeness (QED) is 0.779. The minimum absolute atomic E-state index is 0.845. The number of nitrogens with one attached hydrogen (secondary N) is 1. The molecule has 0 bridgehead atoms. The summed E-state index contributed by atoms with van der Waals surface area (Å²) in [4.78, 5) is 4.67. The van der Waals surface area contributed by atoms with Crippen molar-refractivity contribution in [2.45, 2.75) is 13.3 Å². The van der Waals surface area contributed by atoms with Crippen LogP contribution in [0, 0.1) is 6.92 Å². The molecule has 0 amide bonds. The number of imidazole rings is 1. The molecule has 4 heteroatoms. The van der Waals surface area contributed by atoms with Crippen LogP contribution in [0.5, 0.6) is 0 Å². The van der Waals surface area contributed by atoms with Gasteiger partial charge in [0.1, 0.15) is 5.69 Å². The van der Waals surface area contributed by atoms with Gasteiger partial charge in [-0.05, 0) is 18.6 Å². The fourth-order valence-corrected chi connectivity index (χ4v) is 2.19. The first-order chi connectivity index (χ1) is 9.22. The highest BCUT2D eigenvalue weighted by Crippen LogP contribution is 2.18. The maximum Gasteiger partial charge on any atom is 0.160 e. The van der Waals surface area contributed by atoms with Gasteiger partial charge in [-0.2, -0.15) is 5.10 Å². The van der Waals surface area contributed by atoms with E-state index in [2.05, 4.69) is 45.6 Å². The monoisotopic (exact) mass is 252 g/mol. The molecule has 0 atom stereocenters. The number of aromatic nitrogens is 4. The molecule has 0 aliphatic heterocycles. The Morgan fingerprint density at radius 1 is 1.21 bits per heavy atom. The molecule has 1 N–H and O–H groups in total. The van der Waals surface area contributed by atoms with Gasteiger partial charge in [-0.15, -0.1) is 0 Å². The van der Waals surface area contributed by atoms with E-state index in [1.807, 2.05) is 30.7 Å². The summed E-state index contributed by atoms with van der Waals surface area (Å²) in [5, 5.41) is 7.21. The fraction of sp³-hybridized carbons (Fsp3) is 0.200. The molecule has 2 heterocycles. The summed E-state index contributed by atoms with van der Waals surface area (Å²) < 4.78 is 2.02. The molecular formula is C15H16N4. The Hall–Kier alpha value is -2.36. The van der Waals surface area contributed by atoms with Crippen LogP contribution in [0.4, 0.5) is 0 Å². The summed E-state index contributed by atoms with van der Waals surface area (Å²) in [5.41, 5.74) is 4.26. The lowest BCUT2D eigenvalue weighted by molar-refractivity contribution is 0.911. The molecule has 0 aliphatic rings. The van der Waals surface area contributed by atoms with Gasteiger partial charge in [-0.1, -0.05) is 30.3 Å². The molecule has 0 saturated heterocycles. The molecule has 0 fully saturated rings. The van der Waals surface area contributed by atoms with Crippen molar-refractivity contribution in [1.29, 1.82) is 0 Å². The van der Waals surface area contributed by atoms with Crippen molar-refractivity contribution in [3.05, 3.63) is 59.5 Å². The van der Waals surface area contributed by atoms with E-state index in [0.717, 1.165) is 29.3 Å². The van der Waals surface area contributed by atoms with E-state index in [4.69, 9.17) is 0 Å².